The van der Waals surface area contributed by atoms with E-state index in [-0.39, 0.29) is 0 Å². The molecule has 0 amide bonds. The second kappa shape index (κ2) is 1.21. The summed E-state index contributed by atoms with van der Waals surface area (Å²) in [6, 6.07) is 0. The van der Waals surface area contributed by atoms with Crippen molar-refractivity contribution in [3.05, 3.63) is 6.42 Å². The molecule has 0 aromatic carbocycles. The minimum absolute atomic E-state index is 0.926. The van der Waals surface area contributed by atoms with Gasteiger partial charge in [0.05, 0.1) is 0 Å². The van der Waals surface area contributed by atoms with E-state index in [1.165, 1.54) is 6.42 Å². The van der Waals surface area contributed by atoms with Gasteiger partial charge in [-0.15, -0.1) is 0 Å². The molecule has 0 bridgehead atoms. The summed E-state index contributed by atoms with van der Waals surface area (Å²) < 4.78 is 0. The summed E-state index contributed by atoms with van der Waals surface area (Å²) in [6.45, 7) is 0. The summed E-state index contributed by atoms with van der Waals surface area (Å²) in [5.41, 5.74) is 0. The lowest BCUT2D eigenvalue weighted by atomic mass is 11.0. The van der Waals surface area contributed by atoms with Crippen LogP contribution < -0.4 is 0 Å². The van der Waals surface area contributed by atoms with Crippen molar-refractivity contribution in [2.45, 2.75) is 11.7 Å². The zero-order valence-corrected chi connectivity index (χ0v) is 4.09. The van der Waals surface area contributed by atoms with Gasteiger partial charge in [0.15, 0.2) is 0 Å². The van der Waals surface area contributed by atoms with Gasteiger partial charge in [0, 0.05) is 5.25 Å². The van der Waals surface area contributed by atoms with Gasteiger partial charge in [-0.25, -0.2) is 0 Å². The first kappa shape index (κ1) is 3.54. The Kier molecular flexibility index (Phi) is 0.856. The summed E-state index contributed by atoms with van der Waals surface area (Å²) >= 11 is 1.94. The van der Waals surface area contributed by atoms with Gasteiger partial charge in [-0.2, -0.15) is 11.8 Å². The smallest absolute Gasteiger partial charge is 0.00791 e. The maximum absolute atomic E-state index is 2.31. The molecule has 0 aromatic rings. The van der Waals surface area contributed by atoms with Crippen LogP contribution in [0.15, 0.2) is 0 Å². The summed E-state index contributed by atoms with van der Waals surface area (Å²) in [7, 11) is 0. The number of hydrogen-bond acceptors (Lipinski definition) is 1. The molecule has 5 heavy (non-hydrogen) atoms. The Hall–Kier alpha value is 0.350. The molecule has 1 saturated carbocycles. The molecular weight excluding hydrogens is 80.1 g/mol. The Balaban J connectivity index is 2.00. The zero-order valence-electron chi connectivity index (χ0n) is 3.27. The fourth-order valence-corrected chi connectivity index (χ4v) is 0.744. The second-order valence-corrected chi connectivity index (χ2v) is 2.32. The van der Waals surface area contributed by atoms with Gasteiger partial charge >= 0.3 is 0 Å². The second-order valence-electron chi connectivity index (χ2n) is 1.25. The molecule has 0 nitrogen and oxygen atoms in total. The van der Waals surface area contributed by atoms with E-state index in [2.05, 4.69) is 12.7 Å². The van der Waals surface area contributed by atoms with E-state index in [0.29, 0.717) is 0 Å². The first-order chi connectivity index (χ1) is 2.43. The normalized spacial score (nSPS) is 23.4. The lowest BCUT2D eigenvalue weighted by molar-refractivity contribution is 1.52. The van der Waals surface area contributed by atoms with Crippen molar-refractivity contribution in [2.75, 3.05) is 6.26 Å². The zero-order chi connectivity index (χ0) is 3.70. The van der Waals surface area contributed by atoms with Crippen LogP contribution in [0.25, 0.3) is 0 Å². The van der Waals surface area contributed by atoms with Crippen molar-refractivity contribution in [2.24, 2.45) is 0 Å². The van der Waals surface area contributed by atoms with Crippen LogP contribution in [0.4, 0.5) is 0 Å². The van der Waals surface area contributed by atoms with Gasteiger partial charge in [-0.1, -0.05) is 0 Å². The standard InChI is InChI=1S/C4H7S/c1-5-4-2-3-4/h2,4H,3H2,1H3. The van der Waals surface area contributed by atoms with E-state index in [1.54, 1.807) is 0 Å². The molecule has 0 N–H and O–H groups in total. The highest BCUT2D eigenvalue weighted by atomic mass is 32.2. The molecule has 1 heteroatoms. The highest BCUT2D eigenvalue weighted by Gasteiger charge is 2.18. The molecule has 1 aliphatic rings. The molecule has 1 atom stereocenters. The molecule has 29 valence electrons. The largest absolute Gasteiger partial charge is 0.162 e. The van der Waals surface area contributed by atoms with Crippen molar-refractivity contribution < 1.29 is 0 Å². The Morgan fingerprint density at radius 3 is 2.60 bits per heavy atom. The van der Waals surface area contributed by atoms with Gasteiger partial charge < -0.3 is 0 Å². The minimum Gasteiger partial charge on any atom is -0.162 e. The van der Waals surface area contributed by atoms with Crippen LogP contribution in [-0.2, 0) is 0 Å². The van der Waals surface area contributed by atoms with Gasteiger partial charge in [0.2, 0.25) is 0 Å². The first-order valence-electron chi connectivity index (χ1n) is 1.79. The fourth-order valence-electron chi connectivity index (χ4n) is 0.248. The third-order valence-corrected chi connectivity index (χ3v) is 1.72. The molecule has 1 rings (SSSR count). The van der Waals surface area contributed by atoms with Crippen molar-refractivity contribution >= 4 is 11.8 Å². The van der Waals surface area contributed by atoms with Crippen molar-refractivity contribution in [1.29, 1.82) is 0 Å². The third kappa shape index (κ3) is 0.839. The Labute approximate surface area is 37.0 Å². The van der Waals surface area contributed by atoms with Crippen LogP contribution in [0.3, 0.4) is 0 Å². The number of thioether (sulfide) groups is 1. The maximum atomic E-state index is 2.31. The monoisotopic (exact) mass is 87.0 g/mol. The molecule has 0 spiro atoms. The summed E-state index contributed by atoms with van der Waals surface area (Å²) in [6.07, 6.45) is 5.81. The lowest BCUT2D eigenvalue weighted by Crippen LogP contribution is -1.60. The number of hydrogen-bond donors (Lipinski definition) is 0. The summed E-state index contributed by atoms with van der Waals surface area (Å²) in [5.74, 6) is 0. The van der Waals surface area contributed by atoms with Crippen LogP contribution in [0, 0.1) is 6.42 Å². The molecule has 0 heterocycles. The summed E-state index contributed by atoms with van der Waals surface area (Å²) in [5, 5.41) is 0.926. The minimum atomic E-state index is 0.926. The molecule has 1 unspecified atom stereocenters. The third-order valence-electron chi connectivity index (χ3n) is 0.731. The van der Waals surface area contributed by atoms with Gasteiger partial charge in [-0.05, 0) is 19.1 Å². The van der Waals surface area contributed by atoms with E-state index in [0.717, 1.165) is 5.25 Å². The van der Waals surface area contributed by atoms with E-state index >= 15 is 0 Å². The molecular formula is C4H7S. The van der Waals surface area contributed by atoms with E-state index < -0.39 is 0 Å². The SMILES string of the molecule is CSC1[CH]C1. The average Bonchev–Trinajstić information content (AvgIpc) is 2.12. The predicted molar refractivity (Wildman–Crippen MR) is 26.2 cm³/mol. The molecule has 1 fully saturated rings. The average molecular weight is 87.2 g/mol. The molecule has 0 aromatic heterocycles. The quantitative estimate of drug-likeness (QED) is 0.465. The maximum Gasteiger partial charge on any atom is 0.00791 e. The Bertz CT molecular complexity index is 30.6. The Morgan fingerprint density at radius 1 is 2.00 bits per heavy atom. The molecule has 1 radical (unpaired) electrons. The first-order valence-corrected chi connectivity index (χ1v) is 3.08. The topological polar surface area (TPSA) is 0 Å². The molecule has 1 aliphatic carbocycles. The van der Waals surface area contributed by atoms with Crippen molar-refractivity contribution in [3.8, 4) is 0 Å². The van der Waals surface area contributed by atoms with E-state index in [9.17, 15) is 0 Å². The fraction of sp³-hybridized carbons (Fsp3) is 0.750. The van der Waals surface area contributed by atoms with Crippen molar-refractivity contribution in [3.63, 3.8) is 0 Å². The van der Waals surface area contributed by atoms with Gasteiger partial charge in [-0.3, -0.25) is 0 Å². The van der Waals surface area contributed by atoms with Crippen LogP contribution >= 0.6 is 11.8 Å². The van der Waals surface area contributed by atoms with Gasteiger partial charge in [0.1, 0.15) is 0 Å². The van der Waals surface area contributed by atoms with Crippen molar-refractivity contribution in [1.82, 2.24) is 0 Å². The predicted octanol–water partition coefficient (Wildman–Crippen LogP) is 1.33. The molecule has 0 aliphatic heterocycles. The van der Waals surface area contributed by atoms with E-state index in [4.69, 9.17) is 0 Å². The van der Waals surface area contributed by atoms with Crippen LogP contribution in [0.2, 0.25) is 0 Å². The van der Waals surface area contributed by atoms with Crippen LogP contribution in [0.1, 0.15) is 6.42 Å². The highest BCUT2D eigenvalue weighted by Crippen LogP contribution is 2.29. The Morgan fingerprint density at radius 2 is 2.60 bits per heavy atom. The lowest BCUT2D eigenvalue weighted by Gasteiger charge is -1.74. The molecule has 0 saturated heterocycles. The summed E-state index contributed by atoms with van der Waals surface area (Å²) in [4.78, 5) is 0. The number of rotatable bonds is 1. The van der Waals surface area contributed by atoms with Crippen LogP contribution in [0.5, 0.6) is 0 Å². The highest BCUT2D eigenvalue weighted by molar-refractivity contribution is 7.99. The van der Waals surface area contributed by atoms with E-state index in [1.807, 2.05) is 11.8 Å². The van der Waals surface area contributed by atoms with Gasteiger partial charge in [0.25, 0.3) is 0 Å². The van der Waals surface area contributed by atoms with Crippen LogP contribution in [-0.4, -0.2) is 11.5 Å².